The van der Waals surface area contributed by atoms with Crippen LogP contribution in [0.4, 0.5) is 5.69 Å². The predicted molar refractivity (Wildman–Crippen MR) is 105 cm³/mol. The first-order chi connectivity index (χ1) is 12.5. The lowest BCUT2D eigenvalue weighted by atomic mass is 9.93. The van der Waals surface area contributed by atoms with Gasteiger partial charge in [-0.25, -0.2) is 0 Å². The summed E-state index contributed by atoms with van der Waals surface area (Å²) >= 11 is 0. The van der Waals surface area contributed by atoms with Gasteiger partial charge in [-0.15, -0.1) is 6.58 Å². The van der Waals surface area contributed by atoms with Crippen molar-refractivity contribution in [1.82, 2.24) is 4.90 Å². The van der Waals surface area contributed by atoms with Gasteiger partial charge in [0.05, 0.1) is 11.7 Å². The summed E-state index contributed by atoms with van der Waals surface area (Å²) in [6.07, 6.45) is 2.89. The highest BCUT2D eigenvalue weighted by Gasteiger charge is 2.41. The van der Waals surface area contributed by atoms with Crippen LogP contribution in [0.25, 0.3) is 0 Å². The predicted octanol–water partition coefficient (Wildman–Crippen LogP) is 4.79. The van der Waals surface area contributed by atoms with Gasteiger partial charge in [-0.3, -0.25) is 4.79 Å². The largest absolute Gasteiger partial charge is 0.491 e. The Morgan fingerprint density at radius 2 is 1.92 bits per heavy atom. The Morgan fingerprint density at radius 3 is 2.58 bits per heavy atom. The van der Waals surface area contributed by atoms with E-state index in [1.165, 1.54) is 0 Å². The maximum atomic E-state index is 13.1. The van der Waals surface area contributed by atoms with Crippen LogP contribution in [-0.2, 0) is 5.66 Å². The summed E-state index contributed by atoms with van der Waals surface area (Å²) in [5.41, 5.74) is 1.87. The van der Waals surface area contributed by atoms with Crippen molar-refractivity contribution in [2.24, 2.45) is 0 Å². The van der Waals surface area contributed by atoms with Crippen LogP contribution in [0.5, 0.6) is 5.75 Å². The standard InChI is InChI=1S/C22H26N2O2/c1-5-15-24-21(25)19-9-7-8-10-20(19)23-22(24,4)17-11-13-18(14-12-17)26-16(3)6-2/h5,7-14,16,23H,1,6,15H2,2-4H3. The third-order valence-electron chi connectivity index (χ3n) is 4.96. The van der Waals surface area contributed by atoms with E-state index in [2.05, 4.69) is 25.7 Å². The minimum Gasteiger partial charge on any atom is -0.491 e. The molecular formula is C22H26N2O2. The molecule has 3 rings (SSSR count). The van der Waals surface area contributed by atoms with Gasteiger partial charge in [0.1, 0.15) is 11.4 Å². The lowest BCUT2D eigenvalue weighted by molar-refractivity contribution is 0.0572. The molecule has 0 fully saturated rings. The van der Waals surface area contributed by atoms with Crippen molar-refractivity contribution in [3.8, 4) is 5.75 Å². The maximum absolute atomic E-state index is 13.1. The smallest absolute Gasteiger partial charge is 0.258 e. The number of nitrogens with zero attached hydrogens (tertiary/aromatic N) is 1. The SMILES string of the molecule is C=CCN1C(=O)c2ccccc2NC1(C)c1ccc(OC(C)CC)cc1. The number of anilines is 1. The van der Waals surface area contributed by atoms with Gasteiger partial charge in [0.25, 0.3) is 5.91 Å². The number of fused-ring (bicyclic) bond motifs is 1. The highest BCUT2D eigenvalue weighted by molar-refractivity contribution is 6.02. The van der Waals surface area contributed by atoms with Crippen LogP contribution in [-0.4, -0.2) is 23.5 Å². The van der Waals surface area contributed by atoms with Crippen molar-refractivity contribution in [1.29, 1.82) is 0 Å². The molecule has 4 nitrogen and oxygen atoms in total. The Morgan fingerprint density at radius 1 is 1.23 bits per heavy atom. The first-order valence-electron chi connectivity index (χ1n) is 9.07. The fourth-order valence-corrected chi connectivity index (χ4v) is 3.25. The molecule has 2 unspecified atom stereocenters. The number of ether oxygens (including phenoxy) is 1. The van der Waals surface area contributed by atoms with E-state index in [1.54, 1.807) is 6.08 Å². The molecule has 0 spiro atoms. The number of amides is 1. The van der Waals surface area contributed by atoms with E-state index in [0.717, 1.165) is 23.4 Å². The average molecular weight is 350 g/mol. The summed E-state index contributed by atoms with van der Waals surface area (Å²) < 4.78 is 5.87. The second-order valence-corrected chi connectivity index (χ2v) is 6.81. The molecule has 0 aromatic heterocycles. The topological polar surface area (TPSA) is 41.6 Å². The molecule has 1 heterocycles. The van der Waals surface area contributed by atoms with Crippen molar-refractivity contribution in [3.63, 3.8) is 0 Å². The lowest BCUT2D eigenvalue weighted by Crippen LogP contribution is -2.55. The lowest BCUT2D eigenvalue weighted by Gasteiger charge is -2.46. The number of hydrogen-bond acceptors (Lipinski definition) is 3. The highest BCUT2D eigenvalue weighted by atomic mass is 16.5. The van der Waals surface area contributed by atoms with Gasteiger partial charge in [0, 0.05) is 12.2 Å². The second kappa shape index (κ2) is 7.24. The summed E-state index contributed by atoms with van der Waals surface area (Å²) in [5, 5.41) is 3.54. The minimum atomic E-state index is -0.658. The second-order valence-electron chi connectivity index (χ2n) is 6.81. The van der Waals surface area contributed by atoms with Gasteiger partial charge in [0.15, 0.2) is 0 Å². The van der Waals surface area contributed by atoms with Crippen LogP contribution in [0.2, 0.25) is 0 Å². The number of carbonyl (C=O) groups excluding carboxylic acids is 1. The van der Waals surface area contributed by atoms with Crippen LogP contribution in [0.1, 0.15) is 43.1 Å². The van der Waals surface area contributed by atoms with E-state index in [1.807, 2.05) is 60.4 Å². The Hall–Kier alpha value is -2.75. The number of carbonyl (C=O) groups is 1. The molecular weight excluding hydrogens is 324 g/mol. The Balaban J connectivity index is 1.98. The summed E-state index contributed by atoms with van der Waals surface area (Å²) in [7, 11) is 0. The summed E-state index contributed by atoms with van der Waals surface area (Å²) in [6, 6.07) is 15.6. The molecule has 0 aliphatic carbocycles. The van der Waals surface area contributed by atoms with Crippen LogP contribution < -0.4 is 10.1 Å². The zero-order chi connectivity index (χ0) is 18.7. The van der Waals surface area contributed by atoms with E-state index in [9.17, 15) is 4.79 Å². The summed E-state index contributed by atoms with van der Waals surface area (Å²) in [6.45, 7) is 10.5. The van der Waals surface area contributed by atoms with E-state index >= 15 is 0 Å². The molecule has 0 saturated heterocycles. The number of hydrogen-bond donors (Lipinski definition) is 1. The zero-order valence-corrected chi connectivity index (χ0v) is 15.7. The molecule has 0 saturated carbocycles. The molecule has 1 aliphatic rings. The Labute approximate surface area is 155 Å². The molecule has 26 heavy (non-hydrogen) atoms. The van der Waals surface area contributed by atoms with E-state index < -0.39 is 5.66 Å². The zero-order valence-electron chi connectivity index (χ0n) is 15.7. The van der Waals surface area contributed by atoms with Crippen LogP contribution in [0, 0.1) is 0 Å². The average Bonchev–Trinajstić information content (AvgIpc) is 2.65. The van der Waals surface area contributed by atoms with Gasteiger partial charge < -0.3 is 15.0 Å². The van der Waals surface area contributed by atoms with E-state index in [-0.39, 0.29) is 12.0 Å². The monoisotopic (exact) mass is 350 g/mol. The van der Waals surface area contributed by atoms with Crippen molar-refractivity contribution < 1.29 is 9.53 Å². The fourth-order valence-electron chi connectivity index (χ4n) is 3.25. The van der Waals surface area contributed by atoms with Crippen molar-refractivity contribution in [2.75, 3.05) is 11.9 Å². The molecule has 0 radical (unpaired) electrons. The Kier molecular flexibility index (Phi) is 5.03. The third-order valence-corrected chi connectivity index (χ3v) is 4.96. The molecule has 1 amide bonds. The van der Waals surface area contributed by atoms with Crippen LogP contribution in [0.3, 0.4) is 0 Å². The fraction of sp³-hybridized carbons (Fsp3) is 0.318. The first-order valence-corrected chi connectivity index (χ1v) is 9.07. The van der Waals surface area contributed by atoms with Crippen molar-refractivity contribution in [2.45, 2.75) is 39.0 Å². The van der Waals surface area contributed by atoms with Crippen molar-refractivity contribution >= 4 is 11.6 Å². The number of nitrogens with one attached hydrogen (secondary N) is 1. The van der Waals surface area contributed by atoms with Gasteiger partial charge in [-0.1, -0.05) is 37.3 Å². The molecule has 4 heteroatoms. The number of para-hydroxylation sites is 1. The van der Waals surface area contributed by atoms with Gasteiger partial charge in [-0.05, 0) is 50.1 Å². The minimum absolute atomic E-state index is 0.00156. The van der Waals surface area contributed by atoms with E-state index in [0.29, 0.717) is 12.1 Å². The Bertz CT molecular complexity index is 800. The highest BCUT2D eigenvalue weighted by Crippen LogP contribution is 2.38. The molecule has 0 bridgehead atoms. The molecule has 1 N–H and O–H groups in total. The molecule has 1 aliphatic heterocycles. The maximum Gasteiger partial charge on any atom is 0.258 e. The summed E-state index contributed by atoms with van der Waals surface area (Å²) in [4.78, 5) is 14.9. The summed E-state index contributed by atoms with van der Waals surface area (Å²) in [5.74, 6) is 0.839. The van der Waals surface area contributed by atoms with E-state index in [4.69, 9.17) is 4.74 Å². The van der Waals surface area contributed by atoms with Crippen LogP contribution in [0.15, 0.2) is 61.2 Å². The van der Waals surface area contributed by atoms with Gasteiger partial charge in [0.2, 0.25) is 0 Å². The molecule has 2 atom stereocenters. The number of rotatable bonds is 6. The molecule has 136 valence electrons. The van der Waals surface area contributed by atoms with Gasteiger partial charge >= 0.3 is 0 Å². The number of benzene rings is 2. The van der Waals surface area contributed by atoms with Crippen LogP contribution >= 0.6 is 0 Å². The third kappa shape index (κ3) is 3.19. The molecule has 2 aromatic rings. The normalized spacial score (nSPS) is 20.1. The van der Waals surface area contributed by atoms with Gasteiger partial charge in [-0.2, -0.15) is 0 Å². The first kappa shape index (κ1) is 18.1. The quantitative estimate of drug-likeness (QED) is 0.762. The van der Waals surface area contributed by atoms with Crippen molar-refractivity contribution in [3.05, 3.63) is 72.3 Å². The molecule has 2 aromatic carbocycles.